The lowest BCUT2D eigenvalue weighted by molar-refractivity contribution is -0.173. The number of alkyl halides is 3. The predicted molar refractivity (Wildman–Crippen MR) is 59.2 cm³/mol. The van der Waals surface area contributed by atoms with Crippen LogP contribution in [-0.2, 0) is 4.74 Å². The molecule has 18 heavy (non-hydrogen) atoms. The number of anilines is 1. The minimum absolute atomic E-state index is 0.0795. The number of carbonyl (C=O) groups is 1. The molecule has 0 saturated carbocycles. The average Bonchev–Trinajstić information content (AvgIpc) is 2.23. The number of aryl methyl sites for hydroxylation is 1. The Labute approximate surface area is 102 Å². The molecule has 0 aliphatic heterocycles. The minimum Gasteiger partial charge on any atom is -0.383 e. The highest BCUT2D eigenvalue weighted by Crippen LogP contribution is 2.17. The van der Waals surface area contributed by atoms with Gasteiger partial charge in [0.15, 0.2) is 5.78 Å². The summed E-state index contributed by atoms with van der Waals surface area (Å²) in [6, 6.07) is 1.61. The molecule has 0 atom stereocenters. The number of aromatic nitrogens is 1. The fraction of sp³-hybridized carbons (Fsp3) is 0.455. The van der Waals surface area contributed by atoms with Crippen molar-refractivity contribution in [2.75, 3.05) is 18.9 Å². The molecule has 1 heterocycles. The van der Waals surface area contributed by atoms with Crippen molar-refractivity contribution in [3.63, 3.8) is 0 Å². The number of hydrogen-bond donors (Lipinski definition) is 1. The zero-order chi connectivity index (χ0) is 13.8. The summed E-state index contributed by atoms with van der Waals surface area (Å²) in [5, 5.41) is 0. The number of ether oxygens (including phenoxy) is 1. The van der Waals surface area contributed by atoms with Gasteiger partial charge in [-0.15, -0.1) is 0 Å². The molecule has 2 N–H and O–H groups in total. The molecule has 7 heteroatoms. The normalized spacial score (nSPS) is 11.6. The van der Waals surface area contributed by atoms with Crippen LogP contribution in [0.2, 0.25) is 0 Å². The number of nitrogen functional groups attached to an aromatic ring is 1. The summed E-state index contributed by atoms with van der Waals surface area (Å²) < 4.78 is 39.7. The first kappa shape index (κ1) is 14.4. The molecule has 0 saturated heterocycles. The maximum atomic E-state index is 11.8. The number of Topliss-reactive ketones (excluding diaryl/α,β-unsaturated/α-hetero) is 1. The van der Waals surface area contributed by atoms with E-state index in [4.69, 9.17) is 5.73 Å². The SMILES string of the molecule is Cc1ccnc(N)c1C(=O)CCOCC(F)(F)F. The molecule has 0 bridgehead atoms. The van der Waals surface area contributed by atoms with Crippen LogP contribution in [0.15, 0.2) is 12.3 Å². The minimum atomic E-state index is -4.38. The van der Waals surface area contributed by atoms with Crippen molar-refractivity contribution in [1.29, 1.82) is 0 Å². The number of rotatable bonds is 5. The Balaban J connectivity index is 2.51. The Morgan fingerprint density at radius 2 is 2.17 bits per heavy atom. The zero-order valence-electron chi connectivity index (χ0n) is 9.75. The summed E-state index contributed by atoms with van der Waals surface area (Å²) in [5.41, 5.74) is 6.43. The zero-order valence-corrected chi connectivity index (χ0v) is 9.75. The molecule has 0 aliphatic rings. The van der Waals surface area contributed by atoms with Gasteiger partial charge >= 0.3 is 6.18 Å². The van der Waals surface area contributed by atoms with Crippen LogP contribution >= 0.6 is 0 Å². The van der Waals surface area contributed by atoms with Crippen molar-refractivity contribution in [2.45, 2.75) is 19.5 Å². The molecular formula is C11H13F3N2O2. The lowest BCUT2D eigenvalue weighted by Gasteiger charge is -2.09. The van der Waals surface area contributed by atoms with Gasteiger partial charge in [-0.2, -0.15) is 13.2 Å². The van der Waals surface area contributed by atoms with Crippen LogP contribution in [0.1, 0.15) is 22.3 Å². The van der Waals surface area contributed by atoms with E-state index in [9.17, 15) is 18.0 Å². The van der Waals surface area contributed by atoms with Crippen molar-refractivity contribution in [2.24, 2.45) is 0 Å². The standard InChI is InChI=1S/C11H13F3N2O2/c1-7-2-4-16-10(15)9(7)8(17)3-5-18-6-11(12,13)14/h2,4H,3,5-6H2,1H3,(H2,15,16). The van der Waals surface area contributed by atoms with Gasteiger partial charge in [-0.3, -0.25) is 4.79 Å². The van der Waals surface area contributed by atoms with Gasteiger partial charge in [0, 0.05) is 12.6 Å². The molecule has 4 nitrogen and oxygen atoms in total. The Bertz CT molecular complexity index is 413. The number of nitrogens with zero attached hydrogens (tertiary/aromatic N) is 1. The Hall–Kier alpha value is -1.63. The highest BCUT2D eigenvalue weighted by Gasteiger charge is 2.27. The summed E-state index contributed by atoms with van der Waals surface area (Å²) in [4.78, 5) is 15.5. The second-order valence-corrected chi connectivity index (χ2v) is 3.73. The molecule has 0 radical (unpaired) electrons. The third kappa shape index (κ3) is 4.33. The second kappa shape index (κ2) is 5.81. The maximum Gasteiger partial charge on any atom is 0.411 e. The maximum absolute atomic E-state index is 11.8. The van der Waals surface area contributed by atoms with E-state index >= 15 is 0 Å². The van der Waals surface area contributed by atoms with Gasteiger partial charge in [0.25, 0.3) is 0 Å². The summed E-state index contributed by atoms with van der Waals surface area (Å²) >= 11 is 0. The summed E-state index contributed by atoms with van der Waals surface area (Å²) in [6.07, 6.45) is -3.08. The molecule has 1 aromatic heterocycles. The molecule has 0 fully saturated rings. The van der Waals surface area contributed by atoms with E-state index in [1.807, 2.05) is 0 Å². The lowest BCUT2D eigenvalue weighted by Crippen LogP contribution is -2.18. The quantitative estimate of drug-likeness (QED) is 0.652. The molecule has 0 spiro atoms. The number of carbonyl (C=O) groups excluding carboxylic acids is 1. The fourth-order valence-corrected chi connectivity index (χ4v) is 1.42. The van der Waals surface area contributed by atoms with Crippen molar-refractivity contribution in [3.8, 4) is 0 Å². The highest BCUT2D eigenvalue weighted by atomic mass is 19.4. The first-order valence-corrected chi connectivity index (χ1v) is 5.20. The molecule has 1 rings (SSSR count). The summed E-state index contributed by atoms with van der Waals surface area (Å²) in [6.45, 7) is 0.0236. The number of hydrogen-bond acceptors (Lipinski definition) is 4. The first-order chi connectivity index (χ1) is 8.31. The van der Waals surface area contributed by atoms with Gasteiger partial charge < -0.3 is 10.5 Å². The van der Waals surface area contributed by atoms with Gasteiger partial charge in [0.2, 0.25) is 0 Å². The second-order valence-electron chi connectivity index (χ2n) is 3.73. The van der Waals surface area contributed by atoms with E-state index in [1.165, 1.54) is 6.20 Å². The van der Waals surface area contributed by atoms with Crippen LogP contribution < -0.4 is 5.73 Å². The third-order valence-corrected chi connectivity index (χ3v) is 2.21. The van der Waals surface area contributed by atoms with E-state index in [1.54, 1.807) is 13.0 Å². The number of ketones is 1. The number of nitrogens with two attached hydrogens (primary N) is 1. The summed E-state index contributed by atoms with van der Waals surface area (Å²) in [7, 11) is 0. The van der Waals surface area contributed by atoms with Crippen LogP contribution in [0.25, 0.3) is 0 Å². The largest absolute Gasteiger partial charge is 0.411 e. The van der Waals surface area contributed by atoms with E-state index in [-0.39, 0.29) is 30.2 Å². The number of pyridine rings is 1. The van der Waals surface area contributed by atoms with E-state index in [2.05, 4.69) is 9.72 Å². The van der Waals surface area contributed by atoms with Gasteiger partial charge in [-0.25, -0.2) is 4.98 Å². The van der Waals surface area contributed by atoms with Crippen LogP contribution in [0.5, 0.6) is 0 Å². The van der Waals surface area contributed by atoms with E-state index in [0.29, 0.717) is 5.56 Å². The molecule has 0 amide bonds. The Morgan fingerprint density at radius 3 is 2.72 bits per heavy atom. The smallest absolute Gasteiger partial charge is 0.383 e. The van der Waals surface area contributed by atoms with Gasteiger partial charge in [-0.05, 0) is 18.6 Å². The molecule has 0 unspecified atom stereocenters. The Morgan fingerprint density at radius 1 is 1.50 bits per heavy atom. The molecule has 0 aromatic carbocycles. The van der Waals surface area contributed by atoms with Crippen LogP contribution in [0.3, 0.4) is 0 Å². The van der Waals surface area contributed by atoms with E-state index in [0.717, 1.165) is 0 Å². The van der Waals surface area contributed by atoms with Gasteiger partial charge in [0.05, 0.1) is 12.2 Å². The highest BCUT2D eigenvalue weighted by molar-refractivity contribution is 6.01. The van der Waals surface area contributed by atoms with E-state index < -0.39 is 12.8 Å². The van der Waals surface area contributed by atoms with Crippen molar-refractivity contribution in [1.82, 2.24) is 4.98 Å². The third-order valence-electron chi connectivity index (χ3n) is 2.21. The fourth-order valence-electron chi connectivity index (χ4n) is 1.42. The monoisotopic (exact) mass is 262 g/mol. The Kier molecular flexibility index (Phi) is 4.66. The average molecular weight is 262 g/mol. The molecule has 100 valence electrons. The topological polar surface area (TPSA) is 65.2 Å². The molecule has 0 aliphatic carbocycles. The number of halogens is 3. The van der Waals surface area contributed by atoms with Gasteiger partial charge in [-0.1, -0.05) is 0 Å². The van der Waals surface area contributed by atoms with Crippen molar-refractivity contribution >= 4 is 11.6 Å². The lowest BCUT2D eigenvalue weighted by atomic mass is 10.0. The van der Waals surface area contributed by atoms with Crippen LogP contribution in [-0.4, -0.2) is 30.2 Å². The summed E-state index contributed by atoms with van der Waals surface area (Å²) in [5.74, 6) is -0.295. The van der Waals surface area contributed by atoms with Gasteiger partial charge in [0.1, 0.15) is 12.4 Å². The van der Waals surface area contributed by atoms with Crippen molar-refractivity contribution < 1.29 is 22.7 Å². The van der Waals surface area contributed by atoms with Crippen molar-refractivity contribution in [3.05, 3.63) is 23.4 Å². The van der Waals surface area contributed by atoms with Crippen LogP contribution in [0, 0.1) is 6.92 Å². The van der Waals surface area contributed by atoms with Crippen LogP contribution in [0.4, 0.5) is 19.0 Å². The molecular weight excluding hydrogens is 249 g/mol. The molecule has 1 aromatic rings. The first-order valence-electron chi connectivity index (χ1n) is 5.20. The predicted octanol–water partition coefficient (Wildman–Crippen LogP) is 2.12.